The van der Waals surface area contributed by atoms with Crippen LogP contribution in [0.3, 0.4) is 0 Å². The van der Waals surface area contributed by atoms with Crippen LogP contribution in [0.15, 0.2) is 12.1 Å². The maximum absolute atomic E-state index is 11.4. The Morgan fingerprint density at radius 1 is 1.30 bits per heavy atom. The first-order chi connectivity index (χ1) is 9.53. The van der Waals surface area contributed by atoms with E-state index in [1.807, 2.05) is 12.1 Å². The quantitative estimate of drug-likeness (QED) is 0.926. The number of nitrogens with one attached hydrogen (secondary N) is 1. The molecule has 0 unspecified atom stereocenters. The van der Waals surface area contributed by atoms with Crippen LogP contribution in [0.4, 0.5) is 0 Å². The molecule has 2 aliphatic rings. The minimum absolute atomic E-state index is 0.259. The van der Waals surface area contributed by atoms with Crippen molar-refractivity contribution in [2.75, 3.05) is 18.1 Å². The highest BCUT2D eigenvalue weighted by molar-refractivity contribution is 7.91. The highest BCUT2D eigenvalue weighted by atomic mass is 35.5. The van der Waals surface area contributed by atoms with E-state index in [1.165, 1.54) is 5.56 Å². The van der Waals surface area contributed by atoms with Crippen molar-refractivity contribution in [2.45, 2.75) is 31.8 Å². The predicted molar refractivity (Wildman–Crippen MR) is 79.2 cm³/mol. The number of ether oxygens (including phenoxy) is 1. The Hall–Kier alpha value is -0.780. The highest BCUT2D eigenvalue weighted by Crippen LogP contribution is 2.32. The summed E-state index contributed by atoms with van der Waals surface area (Å²) in [6, 6.07) is 4.15. The lowest BCUT2D eigenvalue weighted by Gasteiger charge is -2.23. The molecule has 1 fully saturated rings. The number of halogens is 1. The Morgan fingerprint density at radius 3 is 2.80 bits per heavy atom. The second-order valence-corrected chi connectivity index (χ2v) is 8.20. The van der Waals surface area contributed by atoms with Crippen LogP contribution in [0, 0.1) is 0 Å². The van der Waals surface area contributed by atoms with E-state index in [2.05, 4.69) is 5.32 Å². The number of fused-ring (bicyclic) bond motifs is 1. The lowest BCUT2D eigenvalue weighted by atomic mass is 10.1. The third kappa shape index (κ3) is 3.10. The zero-order chi connectivity index (χ0) is 14.2. The van der Waals surface area contributed by atoms with Crippen LogP contribution in [0.2, 0.25) is 5.02 Å². The lowest BCUT2D eigenvalue weighted by molar-refractivity contribution is 0.350. The van der Waals surface area contributed by atoms with Crippen LogP contribution in [0.1, 0.15) is 24.0 Å². The molecule has 3 rings (SSSR count). The minimum atomic E-state index is -2.80. The fourth-order valence-corrected chi connectivity index (χ4v) is 4.58. The fraction of sp³-hybridized carbons (Fsp3) is 0.571. The number of hydrogen-bond donors (Lipinski definition) is 1. The predicted octanol–water partition coefficient (Wildman–Crippen LogP) is 1.94. The van der Waals surface area contributed by atoms with Crippen molar-refractivity contribution < 1.29 is 13.2 Å². The first-order valence-corrected chi connectivity index (χ1v) is 9.11. The van der Waals surface area contributed by atoms with Gasteiger partial charge in [0.25, 0.3) is 0 Å². The van der Waals surface area contributed by atoms with E-state index < -0.39 is 9.84 Å². The Morgan fingerprint density at radius 2 is 2.05 bits per heavy atom. The summed E-state index contributed by atoms with van der Waals surface area (Å²) < 4.78 is 28.5. The maximum atomic E-state index is 11.4. The summed E-state index contributed by atoms with van der Waals surface area (Å²) in [5.74, 6) is 1.52. The molecule has 0 amide bonds. The molecule has 0 aromatic heterocycles. The van der Waals surface area contributed by atoms with E-state index >= 15 is 0 Å². The van der Waals surface area contributed by atoms with Gasteiger partial charge in [0.15, 0.2) is 0 Å². The molecule has 0 radical (unpaired) electrons. The molecule has 6 heteroatoms. The zero-order valence-electron chi connectivity index (χ0n) is 11.2. The Balaban J connectivity index is 1.65. The summed E-state index contributed by atoms with van der Waals surface area (Å²) in [5, 5.41) is 4.16. The Bertz CT molecular complexity index is 601. The molecular formula is C14H18ClNO3S. The number of benzene rings is 1. The van der Waals surface area contributed by atoms with Gasteiger partial charge in [-0.05, 0) is 30.5 Å². The molecule has 0 saturated carbocycles. The standard InChI is InChI=1S/C14H18ClNO3S/c15-12-7-10-1-4-19-14(10)11(8-12)9-16-13-2-5-20(17,18)6-3-13/h7-8,13,16H,1-6,9H2. The average molecular weight is 316 g/mol. The number of hydrogen-bond acceptors (Lipinski definition) is 4. The summed E-state index contributed by atoms with van der Waals surface area (Å²) in [6.07, 6.45) is 2.28. The third-order valence-electron chi connectivity index (χ3n) is 3.96. The molecule has 20 heavy (non-hydrogen) atoms. The monoisotopic (exact) mass is 315 g/mol. The van der Waals surface area contributed by atoms with Crippen LogP contribution >= 0.6 is 11.6 Å². The molecule has 1 saturated heterocycles. The summed E-state index contributed by atoms with van der Waals surface area (Å²) in [6.45, 7) is 1.39. The fourth-order valence-electron chi connectivity index (χ4n) is 2.83. The number of rotatable bonds is 3. The molecule has 1 aromatic carbocycles. The molecule has 2 aliphatic heterocycles. The first-order valence-electron chi connectivity index (χ1n) is 6.91. The average Bonchev–Trinajstić information content (AvgIpc) is 2.85. The van der Waals surface area contributed by atoms with Crippen molar-refractivity contribution in [1.29, 1.82) is 0 Å². The largest absolute Gasteiger partial charge is 0.493 e. The van der Waals surface area contributed by atoms with E-state index in [4.69, 9.17) is 16.3 Å². The van der Waals surface area contributed by atoms with Crippen molar-refractivity contribution in [3.63, 3.8) is 0 Å². The smallest absolute Gasteiger partial charge is 0.150 e. The van der Waals surface area contributed by atoms with Crippen molar-refractivity contribution in [3.05, 3.63) is 28.3 Å². The number of sulfone groups is 1. The van der Waals surface area contributed by atoms with E-state index in [-0.39, 0.29) is 17.5 Å². The second-order valence-electron chi connectivity index (χ2n) is 5.46. The van der Waals surface area contributed by atoms with Gasteiger partial charge in [0, 0.05) is 29.6 Å². The van der Waals surface area contributed by atoms with Crippen molar-refractivity contribution in [1.82, 2.24) is 5.32 Å². The summed E-state index contributed by atoms with van der Waals surface area (Å²) in [5.41, 5.74) is 2.24. The molecular weight excluding hydrogens is 298 g/mol. The Kier molecular flexibility index (Phi) is 3.93. The van der Waals surface area contributed by atoms with Gasteiger partial charge < -0.3 is 10.1 Å². The van der Waals surface area contributed by atoms with Gasteiger partial charge in [-0.15, -0.1) is 0 Å². The molecule has 2 heterocycles. The molecule has 0 bridgehead atoms. The summed E-state index contributed by atoms with van der Waals surface area (Å²) >= 11 is 6.12. The van der Waals surface area contributed by atoms with E-state index in [0.29, 0.717) is 26.0 Å². The molecule has 110 valence electrons. The van der Waals surface area contributed by atoms with Gasteiger partial charge in [-0.25, -0.2) is 8.42 Å². The maximum Gasteiger partial charge on any atom is 0.150 e. The molecule has 0 atom stereocenters. The van der Waals surface area contributed by atoms with Crippen molar-refractivity contribution >= 4 is 21.4 Å². The van der Waals surface area contributed by atoms with Crippen molar-refractivity contribution in [2.24, 2.45) is 0 Å². The van der Waals surface area contributed by atoms with Crippen LogP contribution in [0.25, 0.3) is 0 Å². The van der Waals surface area contributed by atoms with E-state index in [0.717, 1.165) is 22.8 Å². The van der Waals surface area contributed by atoms with Gasteiger partial charge in [0.2, 0.25) is 0 Å². The SMILES string of the molecule is O=S1(=O)CCC(NCc2cc(Cl)cc3c2OCC3)CC1. The topological polar surface area (TPSA) is 55.4 Å². The first kappa shape index (κ1) is 14.2. The molecule has 0 spiro atoms. The van der Waals surface area contributed by atoms with Crippen LogP contribution in [-0.4, -0.2) is 32.6 Å². The summed E-state index contributed by atoms with van der Waals surface area (Å²) in [7, 11) is -2.80. The van der Waals surface area contributed by atoms with Gasteiger partial charge in [-0.1, -0.05) is 11.6 Å². The van der Waals surface area contributed by atoms with Gasteiger partial charge in [0.05, 0.1) is 18.1 Å². The van der Waals surface area contributed by atoms with Crippen LogP contribution < -0.4 is 10.1 Å². The van der Waals surface area contributed by atoms with Gasteiger partial charge in [-0.3, -0.25) is 0 Å². The minimum Gasteiger partial charge on any atom is -0.493 e. The van der Waals surface area contributed by atoms with E-state index in [1.54, 1.807) is 0 Å². The summed E-state index contributed by atoms with van der Waals surface area (Å²) in [4.78, 5) is 0. The van der Waals surface area contributed by atoms with Crippen molar-refractivity contribution in [3.8, 4) is 5.75 Å². The highest BCUT2D eigenvalue weighted by Gasteiger charge is 2.24. The molecule has 4 nitrogen and oxygen atoms in total. The van der Waals surface area contributed by atoms with Crippen LogP contribution in [-0.2, 0) is 22.8 Å². The van der Waals surface area contributed by atoms with Crippen LogP contribution in [0.5, 0.6) is 5.75 Å². The molecule has 1 N–H and O–H groups in total. The molecule has 0 aliphatic carbocycles. The molecule has 1 aromatic rings. The zero-order valence-corrected chi connectivity index (χ0v) is 12.8. The second kappa shape index (κ2) is 5.54. The normalized spacial score (nSPS) is 21.4. The van der Waals surface area contributed by atoms with Gasteiger partial charge in [-0.2, -0.15) is 0 Å². The lowest BCUT2D eigenvalue weighted by Crippen LogP contribution is -2.37. The third-order valence-corrected chi connectivity index (χ3v) is 5.89. The van der Waals surface area contributed by atoms with E-state index in [9.17, 15) is 8.42 Å². The van der Waals surface area contributed by atoms with Gasteiger partial charge in [0.1, 0.15) is 15.6 Å². The van der Waals surface area contributed by atoms with Gasteiger partial charge >= 0.3 is 0 Å². The Labute approximate surface area is 124 Å².